The first kappa shape index (κ1) is 14.5. The van der Waals surface area contributed by atoms with Gasteiger partial charge >= 0.3 is 0 Å². The molecular weight excluding hydrogens is 276 g/mol. The highest BCUT2D eigenvalue weighted by atomic mass is 32.2. The lowest BCUT2D eigenvalue weighted by Gasteiger charge is -2.09. The van der Waals surface area contributed by atoms with Gasteiger partial charge in [0.2, 0.25) is 10.0 Å². The van der Waals surface area contributed by atoms with Crippen molar-refractivity contribution in [2.75, 3.05) is 12.3 Å². The van der Waals surface area contributed by atoms with Gasteiger partial charge in [0.1, 0.15) is 5.82 Å². The predicted octanol–water partition coefficient (Wildman–Crippen LogP) is 0.832. The number of nitrogen functional groups attached to an aromatic ring is 1. The largest absolute Gasteiger partial charge is 0.399 e. The van der Waals surface area contributed by atoms with E-state index >= 15 is 0 Å². The SMILES string of the molecule is Cc1cc(N)ccc1S(=O)(=O)NCCc1nccn1C. The molecule has 0 aliphatic carbocycles. The van der Waals surface area contributed by atoms with Crippen LogP contribution in [0.25, 0.3) is 0 Å². The Morgan fingerprint density at radius 3 is 2.75 bits per heavy atom. The quantitative estimate of drug-likeness (QED) is 0.799. The van der Waals surface area contributed by atoms with Crippen LogP contribution in [0.1, 0.15) is 11.4 Å². The van der Waals surface area contributed by atoms with Gasteiger partial charge in [-0.3, -0.25) is 0 Å². The number of nitrogens with zero attached hydrogens (tertiary/aromatic N) is 2. The summed E-state index contributed by atoms with van der Waals surface area (Å²) in [5.41, 5.74) is 6.81. The molecule has 7 heteroatoms. The van der Waals surface area contributed by atoms with E-state index in [1.165, 1.54) is 6.07 Å². The monoisotopic (exact) mass is 294 g/mol. The first-order valence-electron chi connectivity index (χ1n) is 6.22. The maximum atomic E-state index is 12.2. The molecule has 6 nitrogen and oxygen atoms in total. The van der Waals surface area contributed by atoms with Crippen LogP contribution in [0.15, 0.2) is 35.5 Å². The minimum atomic E-state index is -3.52. The van der Waals surface area contributed by atoms with Gasteiger partial charge in [-0.25, -0.2) is 18.1 Å². The number of hydrogen-bond donors (Lipinski definition) is 2. The molecule has 1 aromatic carbocycles. The minimum Gasteiger partial charge on any atom is -0.399 e. The third kappa shape index (κ3) is 3.17. The van der Waals surface area contributed by atoms with Crippen LogP contribution >= 0.6 is 0 Å². The minimum absolute atomic E-state index is 0.256. The van der Waals surface area contributed by atoms with Gasteiger partial charge in [0, 0.05) is 38.1 Å². The number of benzene rings is 1. The lowest BCUT2D eigenvalue weighted by atomic mass is 10.2. The van der Waals surface area contributed by atoms with Crippen molar-refractivity contribution in [2.45, 2.75) is 18.2 Å². The van der Waals surface area contributed by atoms with E-state index in [0.717, 1.165) is 5.82 Å². The van der Waals surface area contributed by atoms with Crippen molar-refractivity contribution in [3.8, 4) is 0 Å². The average Bonchev–Trinajstić information content (AvgIpc) is 2.74. The van der Waals surface area contributed by atoms with Crippen molar-refractivity contribution in [1.29, 1.82) is 0 Å². The van der Waals surface area contributed by atoms with Crippen molar-refractivity contribution < 1.29 is 8.42 Å². The molecule has 0 saturated carbocycles. The Hall–Kier alpha value is -1.86. The number of rotatable bonds is 5. The molecule has 108 valence electrons. The molecule has 0 spiro atoms. The molecule has 3 N–H and O–H groups in total. The van der Waals surface area contributed by atoms with Gasteiger partial charge in [0.25, 0.3) is 0 Å². The highest BCUT2D eigenvalue weighted by molar-refractivity contribution is 7.89. The Balaban J connectivity index is 2.06. The van der Waals surface area contributed by atoms with E-state index in [2.05, 4.69) is 9.71 Å². The number of imidazole rings is 1. The van der Waals surface area contributed by atoms with Crippen LogP contribution in [0.2, 0.25) is 0 Å². The number of anilines is 1. The van der Waals surface area contributed by atoms with Gasteiger partial charge < -0.3 is 10.3 Å². The summed E-state index contributed by atoms with van der Waals surface area (Å²) in [6, 6.07) is 4.75. The molecule has 2 rings (SSSR count). The van der Waals surface area contributed by atoms with Gasteiger partial charge in [-0.05, 0) is 30.7 Å². The van der Waals surface area contributed by atoms with Gasteiger partial charge in [-0.2, -0.15) is 0 Å². The Morgan fingerprint density at radius 1 is 1.40 bits per heavy atom. The van der Waals surface area contributed by atoms with Crippen molar-refractivity contribution >= 4 is 15.7 Å². The van der Waals surface area contributed by atoms with Crippen LogP contribution in [-0.2, 0) is 23.5 Å². The van der Waals surface area contributed by atoms with Crippen molar-refractivity contribution in [2.24, 2.45) is 7.05 Å². The second-order valence-electron chi connectivity index (χ2n) is 4.63. The zero-order chi connectivity index (χ0) is 14.8. The Bertz CT molecular complexity index is 707. The van der Waals surface area contributed by atoms with E-state index < -0.39 is 10.0 Å². The van der Waals surface area contributed by atoms with Crippen LogP contribution in [0.3, 0.4) is 0 Å². The van der Waals surface area contributed by atoms with Crippen LogP contribution in [-0.4, -0.2) is 24.5 Å². The highest BCUT2D eigenvalue weighted by Crippen LogP contribution is 2.17. The zero-order valence-electron chi connectivity index (χ0n) is 11.5. The Labute approximate surface area is 118 Å². The number of nitrogens with two attached hydrogens (primary N) is 1. The maximum absolute atomic E-state index is 12.2. The fourth-order valence-corrected chi connectivity index (χ4v) is 3.24. The number of sulfonamides is 1. The molecule has 2 aromatic rings. The summed E-state index contributed by atoms with van der Waals surface area (Å²) >= 11 is 0. The lowest BCUT2D eigenvalue weighted by Crippen LogP contribution is -2.27. The standard InChI is InChI=1S/C13H18N4O2S/c1-10-9-11(14)3-4-12(10)20(18,19)16-6-5-13-15-7-8-17(13)2/h3-4,7-9,16H,5-6,14H2,1-2H3. The third-order valence-corrected chi connectivity index (χ3v) is 4.67. The molecule has 0 atom stereocenters. The Morgan fingerprint density at radius 2 is 2.15 bits per heavy atom. The molecular formula is C13H18N4O2S. The van der Waals surface area contributed by atoms with Crippen LogP contribution in [0, 0.1) is 6.92 Å². The van der Waals surface area contributed by atoms with E-state index in [1.807, 2.05) is 17.8 Å². The van der Waals surface area contributed by atoms with E-state index in [4.69, 9.17) is 5.73 Å². The topological polar surface area (TPSA) is 90.0 Å². The van der Waals surface area contributed by atoms with Gasteiger partial charge in [0.05, 0.1) is 4.90 Å². The van der Waals surface area contributed by atoms with Crippen molar-refractivity contribution in [3.63, 3.8) is 0 Å². The van der Waals surface area contributed by atoms with Crippen LogP contribution < -0.4 is 10.5 Å². The molecule has 0 aliphatic rings. The molecule has 20 heavy (non-hydrogen) atoms. The molecule has 0 radical (unpaired) electrons. The predicted molar refractivity (Wildman–Crippen MR) is 77.7 cm³/mol. The third-order valence-electron chi connectivity index (χ3n) is 3.05. The number of aryl methyl sites for hydroxylation is 2. The fraction of sp³-hybridized carbons (Fsp3) is 0.308. The molecule has 0 saturated heterocycles. The molecule has 0 aliphatic heterocycles. The summed E-state index contributed by atoms with van der Waals surface area (Å²) in [7, 11) is -1.64. The van der Waals surface area contributed by atoms with Crippen LogP contribution in [0.5, 0.6) is 0 Å². The van der Waals surface area contributed by atoms with Gasteiger partial charge in [-0.1, -0.05) is 0 Å². The number of aromatic nitrogens is 2. The summed E-state index contributed by atoms with van der Waals surface area (Å²) in [6.07, 6.45) is 4.05. The summed E-state index contributed by atoms with van der Waals surface area (Å²) in [5.74, 6) is 0.835. The number of hydrogen-bond acceptors (Lipinski definition) is 4. The van der Waals surface area contributed by atoms with Gasteiger partial charge in [0.15, 0.2) is 0 Å². The molecule has 1 aromatic heterocycles. The Kier molecular flexibility index (Phi) is 4.10. The molecule has 1 heterocycles. The maximum Gasteiger partial charge on any atom is 0.240 e. The lowest BCUT2D eigenvalue weighted by molar-refractivity contribution is 0.579. The molecule has 0 fully saturated rings. The van der Waals surface area contributed by atoms with E-state index in [1.54, 1.807) is 25.3 Å². The summed E-state index contributed by atoms with van der Waals surface area (Å²) in [6.45, 7) is 2.03. The summed E-state index contributed by atoms with van der Waals surface area (Å²) in [5, 5.41) is 0. The highest BCUT2D eigenvalue weighted by Gasteiger charge is 2.16. The van der Waals surface area contributed by atoms with Crippen molar-refractivity contribution in [3.05, 3.63) is 42.0 Å². The average molecular weight is 294 g/mol. The second kappa shape index (κ2) is 5.64. The number of nitrogens with one attached hydrogen (secondary N) is 1. The van der Waals surface area contributed by atoms with Crippen molar-refractivity contribution in [1.82, 2.24) is 14.3 Å². The fourth-order valence-electron chi connectivity index (χ4n) is 1.99. The van der Waals surface area contributed by atoms with Gasteiger partial charge in [-0.15, -0.1) is 0 Å². The summed E-state index contributed by atoms with van der Waals surface area (Å²) in [4.78, 5) is 4.40. The first-order chi connectivity index (χ1) is 9.40. The van der Waals surface area contributed by atoms with E-state index in [9.17, 15) is 8.42 Å². The normalized spacial score (nSPS) is 11.7. The van der Waals surface area contributed by atoms with E-state index in [-0.39, 0.29) is 4.90 Å². The zero-order valence-corrected chi connectivity index (χ0v) is 12.3. The molecule has 0 bridgehead atoms. The van der Waals surface area contributed by atoms with E-state index in [0.29, 0.717) is 24.2 Å². The second-order valence-corrected chi connectivity index (χ2v) is 6.36. The van der Waals surface area contributed by atoms with Crippen LogP contribution in [0.4, 0.5) is 5.69 Å². The molecule has 0 unspecified atom stereocenters. The summed E-state index contributed by atoms with van der Waals surface area (Å²) < 4.78 is 28.8. The smallest absolute Gasteiger partial charge is 0.240 e. The first-order valence-corrected chi connectivity index (χ1v) is 7.70. The molecule has 0 amide bonds.